The lowest BCUT2D eigenvalue weighted by atomic mass is 10.0. The zero-order valence-corrected chi connectivity index (χ0v) is 20.6. The van der Waals surface area contributed by atoms with Crippen LogP contribution < -0.4 is 24.2 Å². The first-order valence-electron chi connectivity index (χ1n) is 11.2. The van der Waals surface area contributed by atoms with Gasteiger partial charge in [0.1, 0.15) is 11.5 Å². The molecule has 1 unspecified atom stereocenters. The van der Waals surface area contributed by atoms with Gasteiger partial charge in [-0.05, 0) is 36.8 Å². The van der Waals surface area contributed by atoms with Crippen molar-refractivity contribution in [2.24, 2.45) is 0 Å². The standard InChI is InChI=1S/C25H28N4O4S/c1-5-6-9-14-34-25-26-23(31)22-18-10-7-8-11-20(18)28(16(2)30)24(29(22)27-25)19-15-17(32-3)12-13-21(19)33-4/h7-8,10-13,15,24H,5-6,9,14H2,1-4H3. The number of unbranched alkanes of at least 4 members (excludes halogenated alkanes) is 2. The molecule has 0 spiro atoms. The third kappa shape index (κ3) is 4.40. The molecule has 2 heterocycles. The molecule has 0 bridgehead atoms. The van der Waals surface area contributed by atoms with Gasteiger partial charge < -0.3 is 14.6 Å². The number of aromatic nitrogens is 3. The van der Waals surface area contributed by atoms with Gasteiger partial charge in [0, 0.05) is 17.8 Å². The molecule has 1 aliphatic heterocycles. The Kier molecular flexibility index (Phi) is 7.21. The summed E-state index contributed by atoms with van der Waals surface area (Å²) in [6.07, 6.45) is 2.47. The van der Waals surface area contributed by atoms with Crippen LogP contribution in [0.3, 0.4) is 0 Å². The van der Waals surface area contributed by atoms with Crippen molar-refractivity contribution in [3.63, 3.8) is 0 Å². The molecule has 0 aliphatic carbocycles. The molecule has 9 heteroatoms. The maximum Gasteiger partial charge on any atom is 0.296 e. The van der Waals surface area contributed by atoms with Crippen LogP contribution in [0, 0.1) is 0 Å². The van der Waals surface area contributed by atoms with E-state index in [4.69, 9.17) is 14.6 Å². The molecule has 34 heavy (non-hydrogen) atoms. The van der Waals surface area contributed by atoms with E-state index in [0.717, 1.165) is 25.0 Å². The van der Waals surface area contributed by atoms with E-state index in [2.05, 4.69) is 11.9 Å². The Morgan fingerprint density at radius 1 is 1.18 bits per heavy atom. The summed E-state index contributed by atoms with van der Waals surface area (Å²) in [6, 6.07) is 12.7. The lowest BCUT2D eigenvalue weighted by molar-refractivity contribution is -0.764. The van der Waals surface area contributed by atoms with Crippen LogP contribution in [0.25, 0.3) is 11.3 Å². The van der Waals surface area contributed by atoms with Crippen molar-refractivity contribution in [2.45, 2.75) is 44.4 Å². The zero-order valence-electron chi connectivity index (χ0n) is 19.8. The Morgan fingerprint density at radius 3 is 2.68 bits per heavy atom. The molecule has 1 aliphatic rings. The van der Waals surface area contributed by atoms with Gasteiger partial charge in [-0.25, -0.2) is 9.88 Å². The number of carbonyl (C=O) groups is 1. The Labute approximate surface area is 203 Å². The fourth-order valence-electron chi connectivity index (χ4n) is 4.17. The second-order valence-corrected chi connectivity index (χ2v) is 9.00. The topological polar surface area (TPSA) is 91.5 Å². The summed E-state index contributed by atoms with van der Waals surface area (Å²) in [6.45, 7) is 3.65. The molecule has 1 aromatic heterocycles. The van der Waals surface area contributed by atoms with Crippen LogP contribution in [0.5, 0.6) is 17.4 Å². The van der Waals surface area contributed by atoms with Crippen molar-refractivity contribution >= 4 is 23.4 Å². The Hall–Kier alpha value is -3.33. The summed E-state index contributed by atoms with van der Waals surface area (Å²) >= 11 is 1.45. The van der Waals surface area contributed by atoms with Gasteiger partial charge in [0.15, 0.2) is 0 Å². The second kappa shape index (κ2) is 10.3. The SMILES string of the molecule is CCCCCSc1nc([O-])c2[n+](n1)C(c1cc(OC)ccc1OC)N(C(C)=O)c1ccccc1-2. The normalized spacial score (nSPS) is 14.4. The maximum atomic E-state index is 13.3. The van der Waals surface area contributed by atoms with E-state index in [1.54, 1.807) is 35.9 Å². The average Bonchev–Trinajstić information content (AvgIpc) is 2.85. The first kappa shape index (κ1) is 23.8. The number of carbonyl (C=O) groups excluding carboxylic acids is 1. The predicted octanol–water partition coefficient (Wildman–Crippen LogP) is 3.72. The highest BCUT2D eigenvalue weighted by Crippen LogP contribution is 2.43. The van der Waals surface area contributed by atoms with E-state index in [1.807, 2.05) is 30.3 Å². The quantitative estimate of drug-likeness (QED) is 0.276. The molecular formula is C25H28N4O4S. The van der Waals surface area contributed by atoms with Crippen molar-refractivity contribution < 1.29 is 24.1 Å². The number of hydrogen-bond acceptors (Lipinski definition) is 7. The number of nitrogens with zero attached hydrogens (tertiary/aromatic N) is 4. The van der Waals surface area contributed by atoms with Gasteiger partial charge >= 0.3 is 0 Å². The monoisotopic (exact) mass is 480 g/mol. The fraction of sp³-hybridized carbons (Fsp3) is 0.360. The van der Waals surface area contributed by atoms with Gasteiger partial charge in [0.05, 0.1) is 36.9 Å². The Bertz CT molecular complexity index is 1200. The predicted molar refractivity (Wildman–Crippen MR) is 128 cm³/mol. The number of hydrogen-bond donors (Lipinski definition) is 0. The third-order valence-corrected chi connectivity index (χ3v) is 6.67. The van der Waals surface area contributed by atoms with Crippen LogP contribution in [0.2, 0.25) is 0 Å². The van der Waals surface area contributed by atoms with Gasteiger partial charge in [-0.1, -0.05) is 48.3 Å². The largest absolute Gasteiger partial charge is 0.854 e. The number of benzene rings is 2. The van der Waals surface area contributed by atoms with Crippen LogP contribution in [0.1, 0.15) is 44.8 Å². The molecule has 0 fully saturated rings. The first-order chi connectivity index (χ1) is 16.5. The van der Waals surface area contributed by atoms with Crippen LogP contribution in [0.15, 0.2) is 47.6 Å². The van der Waals surface area contributed by atoms with Gasteiger partial charge in [0.25, 0.3) is 17.0 Å². The van der Waals surface area contributed by atoms with E-state index in [9.17, 15) is 9.90 Å². The minimum absolute atomic E-state index is 0.191. The van der Waals surface area contributed by atoms with Gasteiger partial charge in [-0.3, -0.25) is 4.79 Å². The van der Waals surface area contributed by atoms with E-state index in [0.29, 0.717) is 39.2 Å². The first-order valence-corrected chi connectivity index (χ1v) is 12.2. The van der Waals surface area contributed by atoms with Crippen molar-refractivity contribution in [2.75, 3.05) is 24.9 Å². The third-order valence-electron chi connectivity index (χ3n) is 5.75. The number of para-hydroxylation sites is 1. The average molecular weight is 481 g/mol. The van der Waals surface area contributed by atoms with Gasteiger partial charge in [-0.15, -0.1) is 0 Å². The summed E-state index contributed by atoms with van der Waals surface area (Å²) in [4.78, 5) is 18.9. The lowest BCUT2D eigenvalue weighted by Gasteiger charge is -2.33. The van der Waals surface area contributed by atoms with Crippen molar-refractivity contribution in [1.82, 2.24) is 10.1 Å². The number of thioether (sulfide) groups is 1. The zero-order chi connectivity index (χ0) is 24.2. The molecule has 3 aromatic rings. The molecular weight excluding hydrogens is 452 g/mol. The van der Waals surface area contributed by atoms with Gasteiger partial charge in [-0.2, -0.15) is 0 Å². The van der Waals surface area contributed by atoms with E-state index >= 15 is 0 Å². The molecule has 2 aromatic carbocycles. The summed E-state index contributed by atoms with van der Waals surface area (Å²) in [7, 11) is 3.15. The maximum absolute atomic E-state index is 13.3. The lowest BCUT2D eigenvalue weighted by Crippen LogP contribution is -2.58. The highest BCUT2D eigenvalue weighted by Gasteiger charge is 2.45. The smallest absolute Gasteiger partial charge is 0.296 e. The fourth-order valence-corrected chi connectivity index (χ4v) is 5.00. The molecule has 0 N–H and O–H groups in total. The summed E-state index contributed by atoms with van der Waals surface area (Å²) in [5, 5.41) is 18.5. The van der Waals surface area contributed by atoms with Crippen molar-refractivity contribution in [3.05, 3.63) is 48.0 Å². The van der Waals surface area contributed by atoms with Crippen LogP contribution >= 0.6 is 11.8 Å². The highest BCUT2D eigenvalue weighted by atomic mass is 32.2. The summed E-state index contributed by atoms with van der Waals surface area (Å²) in [5.41, 5.74) is 2.22. The molecule has 0 saturated carbocycles. The van der Waals surface area contributed by atoms with Crippen LogP contribution in [-0.2, 0) is 4.79 Å². The van der Waals surface area contributed by atoms with E-state index in [-0.39, 0.29) is 11.8 Å². The summed E-state index contributed by atoms with van der Waals surface area (Å²) in [5.74, 6) is 1.40. The number of amides is 1. The van der Waals surface area contributed by atoms with E-state index < -0.39 is 6.17 Å². The van der Waals surface area contributed by atoms with Crippen molar-refractivity contribution in [3.8, 4) is 28.6 Å². The minimum Gasteiger partial charge on any atom is -0.854 e. The molecule has 1 amide bonds. The van der Waals surface area contributed by atoms with Crippen LogP contribution in [-0.4, -0.2) is 36.0 Å². The Balaban J connectivity index is 1.96. The number of anilines is 1. The number of fused-ring (bicyclic) bond motifs is 3. The molecule has 4 rings (SSSR count). The molecule has 1 atom stereocenters. The number of ether oxygens (including phenoxy) is 2. The summed E-state index contributed by atoms with van der Waals surface area (Å²) < 4.78 is 12.7. The molecule has 0 radical (unpaired) electrons. The molecule has 178 valence electrons. The van der Waals surface area contributed by atoms with Crippen molar-refractivity contribution in [1.29, 1.82) is 0 Å². The Morgan fingerprint density at radius 2 is 1.97 bits per heavy atom. The van der Waals surface area contributed by atoms with Gasteiger partial charge in [0.2, 0.25) is 5.91 Å². The number of methoxy groups -OCH3 is 2. The molecule has 8 nitrogen and oxygen atoms in total. The highest BCUT2D eigenvalue weighted by molar-refractivity contribution is 7.99. The van der Waals surface area contributed by atoms with Crippen LogP contribution in [0.4, 0.5) is 5.69 Å². The second-order valence-electron chi connectivity index (χ2n) is 7.94. The minimum atomic E-state index is -0.752. The number of rotatable bonds is 8. The molecule has 0 saturated heterocycles. The van der Waals surface area contributed by atoms with E-state index in [1.165, 1.54) is 18.7 Å².